The largest absolute Gasteiger partial charge is 0.320 e. The van der Waals surface area contributed by atoms with Crippen molar-refractivity contribution in [3.63, 3.8) is 0 Å². The highest BCUT2D eigenvalue weighted by atomic mass is 32.2. The Balaban J connectivity index is 1.59. The fourth-order valence-corrected chi connectivity index (χ4v) is 5.14. The third-order valence-electron chi connectivity index (χ3n) is 5.39. The van der Waals surface area contributed by atoms with E-state index < -0.39 is 15.9 Å². The second-order valence-corrected chi connectivity index (χ2v) is 9.59. The van der Waals surface area contributed by atoms with Gasteiger partial charge in [-0.3, -0.25) is 4.79 Å². The van der Waals surface area contributed by atoms with Crippen molar-refractivity contribution < 1.29 is 13.2 Å². The number of benzene rings is 2. The summed E-state index contributed by atoms with van der Waals surface area (Å²) >= 11 is 0. The van der Waals surface area contributed by atoms with Crippen LogP contribution in [0.5, 0.6) is 0 Å². The van der Waals surface area contributed by atoms with Crippen molar-refractivity contribution in [3.8, 4) is 5.69 Å². The van der Waals surface area contributed by atoms with Crippen LogP contribution < -0.4 is 5.32 Å². The van der Waals surface area contributed by atoms with Gasteiger partial charge in [0, 0.05) is 18.8 Å². The van der Waals surface area contributed by atoms with E-state index >= 15 is 0 Å². The van der Waals surface area contributed by atoms with Crippen LogP contribution in [-0.2, 0) is 10.0 Å². The molecule has 0 aliphatic carbocycles. The van der Waals surface area contributed by atoms with Crippen LogP contribution in [0.25, 0.3) is 5.69 Å². The lowest BCUT2D eigenvalue weighted by Gasteiger charge is -2.26. The molecule has 1 aromatic heterocycles. The number of hydrogen-bond acceptors (Lipinski definition) is 5. The van der Waals surface area contributed by atoms with E-state index in [1.807, 2.05) is 37.3 Å². The average Bonchev–Trinajstić information content (AvgIpc) is 3.18. The molecular weight excluding hydrogens is 414 g/mol. The van der Waals surface area contributed by atoms with Gasteiger partial charge in [-0.25, -0.2) is 8.42 Å². The van der Waals surface area contributed by atoms with Crippen LogP contribution in [0.2, 0.25) is 0 Å². The summed E-state index contributed by atoms with van der Waals surface area (Å²) in [5, 5.41) is 11.5. The van der Waals surface area contributed by atoms with Crippen LogP contribution in [0.3, 0.4) is 0 Å². The molecule has 0 unspecified atom stereocenters. The minimum absolute atomic E-state index is 0.181. The number of amides is 1. The van der Waals surface area contributed by atoms with Gasteiger partial charge in [0.15, 0.2) is 5.69 Å². The van der Waals surface area contributed by atoms with Crippen molar-refractivity contribution in [1.82, 2.24) is 19.3 Å². The Morgan fingerprint density at radius 2 is 1.68 bits per heavy atom. The molecule has 1 saturated heterocycles. The number of nitrogens with one attached hydrogen (secondary N) is 1. The van der Waals surface area contributed by atoms with E-state index in [0.717, 1.165) is 30.5 Å². The Labute approximate surface area is 181 Å². The van der Waals surface area contributed by atoms with Gasteiger partial charge >= 0.3 is 0 Å². The smallest absolute Gasteiger partial charge is 0.278 e. The van der Waals surface area contributed by atoms with Crippen LogP contribution in [0, 0.1) is 13.8 Å². The summed E-state index contributed by atoms with van der Waals surface area (Å²) < 4.78 is 27.5. The van der Waals surface area contributed by atoms with Crippen molar-refractivity contribution in [2.45, 2.75) is 38.0 Å². The molecule has 162 valence electrons. The number of sulfonamides is 1. The van der Waals surface area contributed by atoms with E-state index in [1.54, 1.807) is 19.1 Å². The highest BCUT2D eigenvalue weighted by Gasteiger charge is 2.27. The summed E-state index contributed by atoms with van der Waals surface area (Å²) in [4.78, 5) is 14.5. The molecule has 2 heterocycles. The monoisotopic (exact) mass is 439 g/mol. The van der Waals surface area contributed by atoms with Gasteiger partial charge < -0.3 is 5.32 Å². The molecule has 9 heteroatoms. The van der Waals surface area contributed by atoms with Gasteiger partial charge in [0.1, 0.15) is 0 Å². The molecule has 3 aromatic rings. The predicted octanol–water partition coefficient (Wildman–Crippen LogP) is 3.31. The number of carbonyl (C=O) groups is 1. The normalized spacial score (nSPS) is 15.0. The molecule has 0 spiro atoms. The SMILES string of the molecule is Cc1ccc(S(=O)(=O)N2CCCCC2)cc1NC(=O)c1nn(-c2ccccc2)nc1C. The zero-order valence-electron chi connectivity index (χ0n) is 17.6. The number of rotatable bonds is 5. The molecule has 1 aliphatic rings. The number of carbonyl (C=O) groups excluding carboxylic acids is 1. The minimum Gasteiger partial charge on any atom is -0.320 e. The zero-order valence-corrected chi connectivity index (χ0v) is 18.4. The fourth-order valence-electron chi connectivity index (χ4n) is 3.60. The standard InChI is InChI=1S/C22H25N5O3S/c1-16-11-12-19(31(29,30)26-13-7-4-8-14-26)15-20(16)23-22(28)21-17(2)24-27(25-21)18-9-5-3-6-10-18/h3,5-6,9-12,15H,4,7-8,13-14H2,1-2H3,(H,23,28). The van der Waals surface area contributed by atoms with Gasteiger partial charge in [0.25, 0.3) is 5.91 Å². The lowest BCUT2D eigenvalue weighted by molar-refractivity contribution is 0.102. The van der Waals surface area contributed by atoms with Crippen molar-refractivity contribution in [2.24, 2.45) is 0 Å². The minimum atomic E-state index is -3.59. The Hall–Kier alpha value is -3.04. The van der Waals surface area contributed by atoms with Crippen molar-refractivity contribution in [3.05, 3.63) is 65.5 Å². The molecule has 1 amide bonds. The topological polar surface area (TPSA) is 97.2 Å². The van der Waals surface area contributed by atoms with Crippen LogP contribution in [-0.4, -0.2) is 46.7 Å². The Morgan fingerprint density at radius 1 is 0.968 bits per heavy atom. The molecule has 1 N–H and O–H groups in total. The van der Waals surface area contributed by atoms with E-state index in [2.05, 4.69) is 15.5 Å². The first-order chi connectivity index (χ1) is 14.9. The molecule has 8 nitrogen and oxygen atoms in total. The van der Waals surface area contributed by atoms with Crippen LogP contribution >= 0.6 is 0 Å². The van der Waals surface area contributed by atoms with E-state index in [4.69, 9.17) is 0 Å². The molecule has 1 aliphatic heterocycles. The Kier molecular flexibility index (Phi) is 5.88. The molecule has 0 bridgehead atoms. The van der Waals surface area contributed by atoms with Gasteiger partial charge in [-0.2, -0.15) is 14.2 Å². The highest BCUT2D eigenvalue weighted by Crippen LogP contribution is 2.25. The summed E-state index contributed by atoms with van der Waals surface area (Å²) in [5.41, 5.74) is 2.62. The number of hydrogen-bond donors (Lipinski definition) is 1. The summed E-state index contributed by atoms with van der Waals surface area (Å²) in [6, 6.07) is 14.1. The van der Waals surface area contributed by atoms with Crippen LogP contribution in [0.15, 0.2) is 53.4 Å². The average molecular weight is 440 g/mol. The number of aromatic nitrogens is 3. The summed E-state index contributed by atoms with van der Waals surface area (Å²) in [7, 11) is -3.59. The van der Waals surface area contributed by atoms with Crippen LogP contribution in [0.4, 0.5) is 5.69 Å². The second kappa shape index (κ2) is 8.60. The molecular formula is C22H25N5O3S. The highest BCUT2D eigenvalue weighted by molar-refractivity contribution is 7.89. The number of piperidine rings is 1. The summed E-state index contributed by atoms with van der Waals surface area (Å²) in [6.45, 7) is 4.59. The third-order valence-corrected chi connectivity index (χ3v) is 7.29. The van der Waals surface area contributed by atoms with Crippen molar-refractivity contribution in [1.29, 1.82) is 0 Å². The molecule has 4 rings (SSSR count). The van der Waals surface area contributed by atoms with Gasteiger partial charge in [-0.15, -0.1) is 5.10 Å². The number of anilines is 1. The maximum Gasteiger partial charge on any atom is 0.278 e. The van der Waals surface area contributed by atoms with Gasteiger partial charge in [0.05, 0.1) is 16.3 Å². The molecule has 31 heavy (non-hydrogen) atoms. The maximum atomic E-state index is 13.0. The lowest BCUT2D eigenvalue weighted by Crippen LogP contribution is -2.35. The quantitative estimate of drug-likeness (QED) is 0.658. The van der Waals surface area contributed by atoms with E-state index in [-0.39, 0.29) is 10.6 Å². The lowest BCUT2D eigenvalue weighted by atomic mass is 10.2. The Morgan fingerprint density at radius 3 is 2.39 bits per heavy atom. The first-order valence-corrected chi connectivity index (χ1v) is 11.7. The third kappa shape index (κ3) is 4.38. The fraction of sp³-hybridized carbons (Fsp3) is 0.318. The van der Waals surface area contributed by atoms with Crippen molar-refractivity contribution >= 4 is 21.6 Å². The molecule has 0 saturated carbocycles. The van der Waals surface area contributed by atoms with Gasteiger partial charge in [0.2, 0.25) is 10.0 Å². The molecule has 2 aromatic carbocycles. The summed E-state index contributed by atoms with van der Waals surface area (Å²) in [5.74, 6) is -0.435. The van der Waals surface area contributed by atoms with E-state index in [0.29, 0.717) is 24.5 Å². The molecule has 0 radical (unpaired) electrons. The second-order valence-electron chi connectivity index (χ2n) is 7.65. The van der Waals surface area contributed by atoms with Crippen LogP contribution in [0.1, 0.15) is 41.0 Å². The van der Waals surface area contributed by atoms with E-state index in [9.17, 15) is 13.2 Å². The molecule has 0 atom stereocenters. The Bertz CT molecular complexity index is 1200. The maximum absolute atomic E-state index is 13.0. The first-order valence-electron chi connectivity index (χ1n) is 10.3. The predicted molar refractivity (Wildman–Crippen MR) is 118 cm³/mol. The van der Waals surface area contributed by atoms with Crippen molar-refractivity contribution in [2.75, 3.05) is 18.4 Å². The van der Waals surface area contributed by atoms with Gasteiger partial charge in [-0.1, -0.05) is 30.7 Å². The zero-order chi connectivity index (χ0) is 22.0. The summed E-state index contributed by atoms with van der Waals surface area (Å²) in [6.07, 6.45) is 2.78. The number of aryl methyl sites for hydroxylation is 2. The number of nitrogens with zero attached hydrogens (tertiary/aromatic N) is 4. The first kappa shape index (κ1) is 21.2. The van der Waals surface area contributed by atoms with E-state index in [1.165, 1.54) is 15.2 Å². The number of para-hydroxylation sites is 1. The molecule has 1 fully saturated rings. The van der Waals surface area contributed by atoms with Gasteiger partial charge in [-0.05, 0) is 56.5 Å².